The molecule has 0 radical (unpaired) electrons. The number of rotatable bonds is 5. The number of thiophene rings is 1. The predicted octanol–water partition coefficient (Wildman–Crippen LogP) is 3.61. The number of urea groups is 1. The highest BCUT2D eigenvalue weighted by Crippen LogP contribution is 2.23. The Balaban J connectivity index is 1.60. The van der Waals surface area contributed by atoms with Crippen molar-refractivity contribution < 1.29 is 4.79 Å². The Hall–Kier alpha value is -2.67. The summed E-state index contributed by atoms with van der Waals surface area (Å²) < 4.78 is 1.70. The van der Waals surface area contributed by atoms with Crippen LogP contribution in [0.25, 0.3) is 0 Å². The van der Waals surface area contributed by atoms with Crippen molar-refractivity contribution in [2.24, 2.45) is 0 Å². The summed E-state index contributed by atoms with van der Waals surface area (Å²) in [6, 6.07) is 13.8. The maximum absolute atomic E-state index is 12.4. The second-order valence-corrected chi connectivity index (χ2v) is 6.50. The molecular weight excluding hydrogens is 322 g/mol. The number of hydrogen-bond acceptors (Lipinski definition) is 4. The standard InChI is InChI=1S/C17H19N5OS/c1-13(15-9-6-10-24-15)21(2)17(23)18-16-12-22(20-19-16)11-14-7-4-3-5-8-14/h3-10,12-13H,11H2,1-2H3,(H,18,23)/t13-/m1/s1. The Bertz CT molecular complexity index is 784. The van der Waals surface area contributed by atoms with E-state index in [0.717, 1.165) is 10.4 Å². The van der Waals surface area contributed by atoms with Crippen molar-refractivity contribution >= 4 is 23.2 Å². The number of benzene rings is 1. The first-order chi connectivity index (χ1) is 11.6. The SMILES string of the molecule is C[C@H](c1cccs1)N(C)C(=O)Nc1cn(Cc2ccccc2)nn1. The van der Waals surface area contributed by atoms with Gasteiger partial charge in [0.15, 0.2) is 5.82 Å². The van der Waals surface area contributed by atoms with Gasteiger partial charge in [0, 0.05) is 11.9 Å². The van der Waals surface area contributed by atoms with Crippen LogP contribution < -0.4 is 5.32 Å². The average Bonchev–Trinajstić information content (AvgIpc) is 3.26. The van der Waals surface area contributed by atoms with Gasteiger partial charge in [-0.2, -0.15) is 0 Å². The maximum atomic E-state index is 12.4. The number of carbonyl (C=O) groups excluding carboxylic acids is 1. The van der Waals surface area contributed by atoms with Crippen molar-refractivity contribution in [2.45, 2.75) is 19.5 Å². The van der Waals surface area contributed by atoms with Crippen LogP contribution in [0.15, 0.2) is 54.0 Å². The molecule has 0 aliphatic rings. The molecule has 24 heavy (non-hydrogen) atoms. The van der Waals surface area contributed by atoms with Crippen LogP contribution in [0.1, 0.15) is 23.4 Å². The van der Waals surface area contributed by atoms with Crippen LogP contribution in [-0.4, -0.2) is 33.0 Å². The summed E-state index contributed by atoms with van der Waals surface area (Å²) >= 11 is 1.63. The third kappa shape index (κ3) is 3.80. The molecule has 2 aromatic heterocycles. The fourth-order valence-electron chi connectivity index (χ4n) is 2.30. The normalized spacial score (nSPS) is 11.9. The number of aromatic nitrogens is 3. The van der Waals surface area contributed by atoms with E-state index < -0.39 is 0 Å². The van der Waals surface area contributed by atoms with Crippen LogP contribution in [-0.2, 0) is 6.54 Å². The smallest absolute Gasteiger partial charge is 0.320 e. The van der Waals surface area contributed by atoms with E-state index in [-0.39, 0.29) is 12.1 Å². The Kier molecular flexibility index (Phi) is 4.90. The molecule has 0 unspecified atom stereocenters. The van der Waals surface area contributed by atoms with E-state index in [0.29, 0.717) is 12.4 Å². The topological polar surface area (TPSA) is 63.1 Å². The molecule has 2 amide bonds. The number of carbonyl (C=O) groups is 1. The lowest BCUT2D eigenvalue weighted by Gasteiger charge is -2.23. The fourth-order valence-corrected chi connectivity index (χ4v) is 3.12. The molecule has 2 heterocycles. The van der Waals surface area contributed by atoms with Gasteiger partial charge in [-0.25, -0.2) is 9.48 Å². The van der Waals surface area contributed by atoms with Gasteiger partial charge >= 0.3 is 6.03 Å². The molecule has 0 saturated heterocycles. The molecule has 0 bridgehead atoms. The van der Waals surface area contributed by atoms with E-state index in [1.165, 1.54) is 0 Å². The number of nitrogens with zero attached hydrogens (tertiary/aromatic N) is 4. The zero-order valence-electron chi connectivity index (χ0n) is 13.6. The molecule has 3 rings (SSSR count). The minimum absolute atomic E-state index is 0.00404. The monoisotopic (exact) mass is 341 g/mol. The van der Waals surface area contributed by atoms with E-state index in [1.807, 2.05) is 54.8 Å². The van der Waals surface area contributed by atoms with Crippen molar-refractivity contribution in [3.63, 3.8) is 0 Å². The average molecular weight is 341 g/mol. The lowest BCUT2D eigenvalue weighted by molar-refractivity contribution is 0.209. The van der Waals surface area contributed by atoms with Crippen molar-refractivity contribution in [1.29, 1.82) is 0 Å². The predicted molar refractivity (Wildman–Crippen MR) is 95.1 cm³/mol. The number of anilines is 1. The second kappa shape index (κ2) is 7.27. The first-order valence-electron chi connectivity index (χ1n) is 7.65. The third-order valence-electron chi connectivity index (χ3n) is 3.82. The van der Waals surface area contributed by atoms with E-state index in [2.05, 4.69) is 15.6 Å². The molecule has 7 heteroatoms. The van der Waals surface area contributed by atoms with Crippen molar-refractivity contribution in [3.05, 3.63) is 64.5 Å². The largest absolute Gasteiger partial charge is 0.323 e. The molecule has 0 spiro atoms. The van der Waals surface area contributed by atoms with Gasteiger partial charge in [-0.1, -0.05) is 41.6 Å². The zero-order chi connectivity index (χ0) is 16.9. The van der Waals surface area contributed by atoms with Gasteiger partial charge in [0.25, 0.3) is 0 Å². The summed E-state index contributed by atoms with van der Waals surface area (Å²) in [6.07, 6.45) is 1.73. The number of amides is 2. The van der Waals surface area contributed by atoms with Gasteiger partial charge in [0.05, 0.1) is 18.8 Å². The summed E-state index contributed by atoms with van der Waals surface area (Å²) in [4.78, 5) is 15.2. The highest BCUT2D eigenvalue weighted by atomic mass is 32.1. The lowest BCUT2D eigenvalue weighted by Crippen LogP contribution is -2.33. The van der Waals surface area contributed by atoms with E-state index in [4.69, 9.17) is 0 Å². The Labute approximate surface area is 144 Å². The Morgan fingerprint density at radius 3 is 2.79 bits per heavy atom. The molecular formula is C17H19N5OS. The van der Waals surface area contributed by atoms with Crippen LogP contribution in [0.5, 0.6) is 0 Å². The van der Waals surface area contributed by atoms with Crippen LogP contribution >= 0.6 is 11.3 Å². The van der Waals surface area contributed by atoms with Gasteiger partial charge in [0.2, 0.25) is 0 Å². The van der Waals surface area contributed by atoms with Gasteiger partial charge in [0.1, 0.15) is 0 Å². The fraction of sp³-hybridized carbons (Fsp3) is 0.235. The molecule has 0 aliphatic heterocycles. The molecule has 1 atom stereocenters. The van der Waals surface area contributed by atoms with Gasteiger partial charge in [-0.3, -0.25) is 5.32 Å². The van der Waals surface area contributed by atoms with E-state index >= 15 is 0 Å². The molecule has 6 nitrogen and oxygen atoms in total. The molecule has 0 aliphatic carbocycles. The highest BCUT2D eigenvalue weighted by molar-refractivity contribution is 7.10. The van der Waals surface area contributed by atoms with Gasteiger partial charge in [-0.05, 0) is 23.9 Å². The van der Waals surface area contributed by atoms with Crippen LogP contribution in [0.3, 0.4) is 0 Å². The van der Waals surface area contributed by atoms with E-state index in [9.17, 15) is 4.79 Å². The van der Waals surface area contributed by atoms with Gasteiger partial charge in [-0.15, -0.1) is 16.4 Å². The first-order valence-corrected chi connectivity index (χ1v) is 8.52. The quantitative estimate of drug-likeness (QED) is 0.771. The summed E-state index contributed by atoms with van der Waals surface area (Å²) in [7, 11) is 1.77. The lowest BCUT2D eigenvalue weighted by atomic mass is 10.2. The van der Waals surface area contributed by atoms with Crippen LogP contribution in [0, 0.1) is 0 Å². The van der Waals surface area contributed by atoms with Crippen LogP contribution in [0.4, 0.5) is 10.6 Å². The summed E-state index contributed by atoms with van der Waals surface area (Å²) in [5.41, 5.74) is 1.13. The summed E-state index contributed by atoms with van der Waals surface area (Å²) in [6.45, 7) is 2.61. The molecule has 1 aromatic carbocycles. The number of nitrogens with one attached hydrogen (secondary N) is 1. The summed E-state index contributed by atoms with van der Waals surface area (Å²) in [5.74, 6) is 0.446. The maximum Gasteiger partial charge on any atom is 0.323 e. The third-order valence-corrected chi connectivity index (χ3v) is 4.86. The van der Waals surface area contributed by atoms with Crippen molar-refractivity contribution in [2.75, 3.05) is 12.4 Å². The zero-order valence-corrected chi connectivity index (χ0v) is 14.4. The highest BCUT2D eigenvalue weighted by Gasteiger charge is 2.19. The van der Waals surface area contributed by atoms with E-state index in [1.54, 1.807) is 34.2 Å². The molecule has 0 fully saturated rings. The molecule has 124 valence electrons. The molecule has 1 N–H and O–H groups in total. The van der Waals surface area contributed by atoms with Crippen molar-refractivity contribution in [1.82, 2.24) is 19.9 Å². The first kappa shape index (κ1) is 16.2. The Morgan fingerprint density at radius 1 is 1.29 bits per heavy atom. The summed E-state index contributed by atoms with van der Waals surface area (Å²) in [5, 5.41) is 12.9. The molecule has 0 saturated carbocycles. The molecule has 3 aromatic rings. The van der Waals surface area contributed by atoms with Crippen LogP contribution in [0.2, 0.25) is 0 Å². The number of hydrogen-bond donors (Lipinski definition) is 1. The van der Waals surface area contributed by atoms with Crippen molar-refractivity contribution in [3.8, 4) is 0 Å². The van der Waals surface area contributed by atoms with Gasteiger partial charge < -0.3 is 4.90 Å². The Morgan fingerprint density at radius 2 is 2.08 bits per heavy atom. The minimum Gasteiger partial charge on any atom is -0.320 e. The second-order valence-electron chi connectivity index (χ2n) is 5.52. The minimum atomic E-state index is -0.206.